The van der Waals surface area contributed by atoms with Gasteiger partial charge in [0.05, 0.1) is 11.0 Å². The molecular formula is C15H13F2N3. The molecule has 0 amide bonds. The van der Waals surface area contributed by atoms with Crippen LogP contribution in [-0.2, 0) is 0 Å². The van der Waals surface area contributed by atoms with Crippen molar-refractivity contribution in [3.63, 3.8) is 0 Å². The number of fused-ring (bicyclic) bond motifs is 1. The van der Waals surface area contributed by atoms with E-state index in [0.717, 1.165) is 0 Å². The number of hydrogen-bond donors (Lipinski definition) is 1. The number of imidazole rings is 1. The number of rotatable bonds is 1. The van der Waals surface area contributed by atoms with E-state index in [-0.39, 0.29) is 17.6 Å². The van der Waals surface area contributed by atoms with Crippen molar-refractivity contribution in [2.75, 3.05) is 5.73 Å². The van der Waals surface area contributed by atoms with E-state index in [0.29, 0.717) is 27.8 Å². The minimum absolute atomic E-state index is 0.246. The van der Waals surface area contributed by atoms with E-state index in [1.54, 1.807) is 36.6 Å². The van der Waals surface area contributed by atoms with Crippen molar-refractivity contribution in [1.82, 2.24) is 9.55 Å². The lowest BCUT2D eigenvalue weighted by Crippen LogP contribution is -2.01. The standard InChI is InChI=1S/C15H13F2N3/c1-8-5-10(3-4-11(8)16)20-14-6-9(2)12(17)7-13(14)19-15(20)18/h3-7H,1-2H3,(H2,18,19). The van der Waals surface area contributed by atoms with Crippen molar-refractivity contribution < 1.29 is 8.78 Å². The number of hydrogen-bond acceptors (Lipinski definition) is 2. The minimum atomic E-state index is -0.322. The first kappa shape index (κ1) is 12.6. The van der Waals surface area contributed by atoms with E-state index in [4.69, 9.17) is 5.73 Å². The number of anilines is 1. The Bertz CT molecular complexity index is 822. The molecule has 1 heterocycles. The Morgan fingerprint density at radius 1 is 1.00 bits per heavy atom. The highest BCUT2D eigenvalue weighted by Crippen LogP contribution is 2.26. The molecular weight excluding hydrogens is 260 g/mol. The molecule has 5 heteroatoms. The van der Waals surface area contributed by atoms with Gasteiger partial charge in [0.15, 0.2) is 0 Å². The molecule has 3 nitrogen and oxygen atoms in total. The quantitative estimate of drug-likeness (QED) is 0.737. The van der Waals surface area contributed by atoms with Crippen molar-refractivity contribution in [3.8, 4) is 5.69 Å². The van der Waals surface area contributed by atoms with Crippen molar-refractivity contribution in [3.05, 3.63) is 53.1 Å². The average molecular weight is 273 g/mol. The molecule has 0 radical (unpaired) electrons. The molecule has 0 spiro atoms. The van der Waals surface area contributed by atoms with Gasteiger partial charge in [0, 0.05) is 11.8 Å². The van der Waals surface area contributed by atoms with Crippen LogP contribution in [0.25, 0.3) is 16.7 Å². The van der Waals surface area contributed by atoms with Crippen LogP contribution in [0.3, 0.4) is 0 Å². The molecule has 0 saturated heterocycles. The second kappa shape index (κ2) is 4.30. The number of nitrogen functional groups attached to an aromatic ring is 1. The monoisotopic (exact) mass is 273 g/mol. The third-order valence-corrected chi connectivity index (χ3v) is 3.36. The molecule has 3 aromatic rings. The summed E-state index contributed by atoms with van der Waals surface area (Å²) in [5.74, 6) is -0.354. The zero-order valence-electron chi connectivity index (χ0n) is 11.1. The highest BCUT2D eigenvalue weighted by molar-refractivity contribution is 5.81. The summed E-state index contributed by atoms with van der Waals surface area (Å²) in [6.07, 6.45) is 0. The summed E-state index contributed by atoms with van der Waals surface area (Å²) >= 11 is 0. The van der Waals surface area contributed by atoms with E-state index in [1.807, 2.05) is 0 Å². The Hall–Kier alpha value is -2.43. The molecule has 20 heavy (non-hydrogen) atoms. The summed E-state index contributed by atoms with van der Waals surface area (Å²) < 4.78 is 28.6. The lowest BCUT2D eigenvalue weighted by molar-refractivity contribution is 0.618. The maximum Gasteiger partial charge on any atom is 0.205 e. The number of nitrogens with zero attached hydrogens (tertiary/aromatic N) is 2. The molecule has 0 aliphatic heterocycles. The number of aryl methyl sites for hydroxylation is 2. The molecule has 0 aliphatic rings. The highest BCUT2D eigenvalue weighted by atomic mass is 19.1. The molecule has 102 valence electrons. The molecule has 2 N–H and O–H groups in total. The second-order valence-corrected chi connectivity index (χ2v) is 4.83. The lowest BCUT2D eigenvalue weighted by Gasteiger charge is -2.08. The van der Waals surface area contributed by atoms with Crippen LogP contribution < -0.4 is 5.73 Å². The first-order valence-electron chi connectivity index (χ1n) is 6.18. The molecule has 0 bridgehead atoms. The lowest BCUT2D eigenvalue weighted by atomic mass is 10.2. The first-order valence-corrected chi connectivity index (χ1v) is 6.18. The fourth-order valence-electron chi connectivity index (χ4n) is 2.26. The molecule has 0 saturated carbocycles. The van der Waals surface area contributed by atoms with Gasteiger partial charge in [-0.3, -0.25) is 4.57 Å². The van der Waals surface area contributed by atoms with E-state index in [9.17, 15) is 8.78 Å². The summed E-state index contributed by atoms with van der Waals surface area (Å²) in [4.78, 5) is 4.15. The second-order valence-electron chi connectivity index (χ2n) is 4.83. The van der Waals surface area contributed by atoms with Crippen LogP contribution in [0.1, 0.15) is 11.1 Å². The number of halogens is 2. The fourth-order valence-corrected chi connectivity index (χ4v) is 2.26. The van der Waals surface area contributed by atoms with Crippen LogP contribution >= 0.6 is 0 Å². The third-order valence-electron chi connectivity index (χ3n) is 3.36. The Labute approximate surface area is 114 Å². The number of aromatic nitrogens is 2. The number of benzene rings is 2. The zero-order valence-corrected chi connectivity index (χ0v) is 11.1. The van der Waals surface area contributed by atoms with Gasteiger partial charge in [0.1, 0.15) is 11.6 Å². The van der Waals surface area contributed by atoms with Crippen LogP contribution in [0.4, 0.5) is 14.7 Å². The van der Waals surface area contributed by atoms with Crippen LogP contribution in [0.2, 0.25) is 0 Å². The first-order chi connectivity index (χ1) is 9.47. The van der Waals surface area contributed by atoms with Gasteiger partial charge in [0.25, 0.3) is 0 Å². The predicted octanol–water partition coefficient (Wildman–Crippen LogP) is 3.50. The van der Waals surface area contributed by atoms with Gasteiger partial charge in [-0.1, -0.05) is 0 Å². The largest absolute Gasteiger partial charge is 0.369 e. The Balaban J connectivity index is 2.32. The molecule has 2 aromatic carbocycles. The van der Waals surface area contributed by atoms with Gasteiger partial charge in [-0.25, -0.2) is 13.8 Å². The van der Waals surface area contributed by atoms with Crippen LogP contribution in [0.15, 0.2) is 30.3 Å². The normalized spacial score (nSPS) is 11.2. The third kappa shape index (κ3) is 1.82. The molecule has 0 fully saturated rings. The van der Waals surface area contributed by atoms with Gasteiger partial charge < -0.3 is 5.73 Å². The summed E-state index contributed by atoms with van der Waals surface area (Å²) in [5, 5.41) is 0. The van der Waals surface area contributed by atoms with Crippen molar-refractivity contribution >= 4 is 17.0 Å². The topological polar surface area (TPSA) is 43.8 Å². The average Bonchev–Trinajstić information content (AvgIpc) is 2.69. The minimum Gasteiger partial charge on any atom is -0.369 e. The molecule has 0 aliphatic carbocycles. The van der Waals surface area contributed by atoms with Crippen LogP contribution in [0.5, 0.6) is 0 Å². The van der Waals surface area contributed by atoms with Gasteiger partial charge in [-0.15, -0.1) is 0 Å². The molecule has 1 aromatic heterocycles. The molecule has 0 unspecified atom stereocenters. The number of nitrogens with two attached hydrogens (primary N) is 1. The van der Waals surface area contributed by atoms with E-state index in [2.05, 4.69) is 4.98 Å². The maximum absolute atomic E-state index is 13.6. The Morgan fingerprint density at radius 3 is 2.40 bits per heavy atom. The van der Waals surface area contributed by atoms with Crippen molar-refractivity contribution in [1.29, 1.82) is 0 Å². The Morgan fingerprint density at radius 2 is 1.70 bits per heavy atom. The van der Waals surface area contributed by atoms with Gasteiger partial charge >= 0.3 is 0 Å². The van der Waals surface area contributed by atoms with E-state index < -0.39 is 0 Å². The molecule has 3 rings (SSSR count). The predicted molar refractivity (Wildman–Crippen MR) is 74.9 cm³/mol. The summed E-state index contributed by atoms with van der Waals surface area (Å²) in [6.45, 7) is 3.36. The Kier molecular flexibility index (Phi) is 2.71. The fraction of sp³-hybridized carbons (Fsp3) is 0.133. The zero-order chi connectivity index (χ0) is 14.4. The summed E-state index contributed by atoms with van der Waals surface area (Å²) in [7, 11) is 0. The van der Waals surface area contributed by atoms with E-state index in [1.165, 1.54) is 12.1 Å². The van der Waals surface area contributed by atoms with E-state index >= 15 is 0 Å². The van der Waals surface area contributed by atoms with Gasteiger partial charge in [-0.2, -0.15) is 0 Å². The van der Waals surface area contributed by atoms with Gasteiger partial charge in [-0.05, 0) is 49.2 Å². The van der Waals surface area contributed by atoms with Crippen molar-refractivity contribution in [2.45, 2.75) is 13.8 Å². The van der Waals surface area contributed by atoms with Crippen LogP contribution in [-0.4, -0.2) is 9.55 Å². The highest BCUT2D eigenvalue weighted by Gasteiger charge is 2.13. The SMILES string of the molecule is Cc1cc(-n2c(N)nc3cc(F)c(C)cc32)ccc1F. The smallest absolute Gasteiger partial charge is 0.205 e. The summed E-state index contributed by atoms with van der Waals surface area (Å²) in [5.41, 5.74) is 8.82. The summed E-state index contributed by atoms with van der Waals surface area (Å²) in [6, 6.07) is 7.73. The maximum atomic E-state index is 13.6. The van der Waals surface area contributed by atoms with Crippen LogP contribution in [0, 0.1) is 25.5 Å². The van der Waals surface area contributed by atoms with Crippen molar-refractivity contribution in [2.24, 2.45) is 0 Å². The van der Waals surface area contributed by atoms with Gasteiger partial charge in [0.2, 0.25) is 5.95 Å². The molecule has 0 atom stereocenters.